The summed E-state index contributed by atoms with van der Waals surface area (Å²) in [5.74, 6) is -1.19. The van der Waals surface area contributed by atoms with Crippen molar-refractivity contribution in [1.82, 2.24) is 9.62 Å². The lowest BCUT2D eigenvalue weighted by molar-refractivity contribution is -0.141. The Bertz CT molecular complexity index is 792. The van der Waals surface area contributed by atoms with Gasteiger partial charge in [-0.1, -0.05) is 18.9 Å². The van der Waals surface area contributed by atoms with E-state index in [1.165, 1.54) is 36.2 Å². The van der Waals surface area contributed by atoms with Crippen molar-refractivity contribution < 1.29 is 23.1 Å². The predicted octanol–water partition coefficient (Wildman–Crippen LogP) is 1.45. The van der Waals surface area contributed by atoms with Crippen molar-refractivity contribution in [2.24, 2.45) is 5.92 Å². The van der Waals surface area contributed by atoms with E-state index in [0.717, 1.165) is 25.7 Å². The van der Waals surface area contributed by atoms with Gasteiger partial charge in [-0.05, 0) is 50.4 Å². The molecule has 136 valence electrons. The quantitative estimate of drug-likeness (QED) is 0.839. The van der Waals surface area contributed by atoms with Gasteiger partial charge in [-0.2, -0.15) is 0 Å². The number of carbonyl (C=O) groups excluding carboxylic acids is 1. The minimum Gasteiger partial charge on any atom is -0.480 e. The normalized spacial score (nSPS) is 26.3. The maximum absolute atomic E-state index is 13.0. The number of carbonyl (C=O) groups is 2. The van der Waals surface area contributed by atoms with Gasteiger partial charge in [-0.25, -0.2) is 17.9 Å². The van der Waals surface area contributed by atoms with E-state index in [4.69, 9.17) is 0 Å². The van der Waals surface area contributed by atoms with Crippen LogP contribution in [0.1, 0.15) is 42.5 Å². The summed E-state index contributed by atoms with van der Waals surface area (Å²) >= 11 is 0. The molecule has 8 heteroatoms. The lowest BCUT2D eigenvalue weighted by Gasteiger charge is -2.33. The number of likely N-dealkylation sites (tertiary alicyclic amines) is 1. The summed E-state index contributed by atoms with van der Waals surface area (Å²) in [6.07, 6.45) is 4.25. The molecule has 0 radical (unpaired) electrons. The maximum atomic E-state index is 13.0. The van der Waals surface area contributed by atoms with Crippen molar-refractivity contribution in [3.05, 3.63) is 29.8 Å². The molecule has 0 spiro atoms. The Hall–Kier alpha value is -1.93. The van der Waals surface area contributed by atoms with Crippen molar-refractivity contribution >= 4 is 21.9 Å². The lowest BCUT2D eigenvalue weighted by Crippen LogP contribution is -2.46. The molecule has 0 aromatic heterocycles. The van der Waals surface area contributed by atoms with Gasteiger partial charge in [0, 0.05) is 11.6 Å². The van der Waals surface area contributed by atoms with Crippen molar-refractivity contribution in [3.63, 3.8) is 0 Å². The molecule has 1 saturated heterocycles. The van der Waals surface area contributed by atoms with Crippen LogP contribution in [0.5, 0.6) is 0 Å². The van der Waals surface area contributed by atoms with Crippen LogP contribution in [-0.4, -0.2) is 49.4 Å². The average Bonchev–Trinajstić information content (AvgIpc) is 3.01. The van der Waals surface area contributed by atoms with E-state index >= 15 is 0 Å². The zero-order chi connectivity index (χ0) is 18.2. The van der Waals surface area contributed by atoms with Crippen LogP contribution in [-0.2, 0) is 14.8 Å². The van der Waals surface area contributed by atoms with Crippen LogP contribution in [0.3, 0.4) is 0 Å². The Balaban J connectivity index is 1.96. The van der Waals surface area contributed by atoms with Gasteiger partial charge >= 0.3 is 5.97 Å². The van der Waals surface area contributed by atoms with Crippen molar-refractivity contribution in [2.45, 2.75) is 49.1 Å². The Kier molecular flexibility index (Phi) is 4.83. The maximum Gasteiger partial charge on any atom is 0.326 e. The van der Waals surface area contributed by atoms with Crippen LogP contribution in [0.4, 0.5) is 0 Å². The molecular formula is C17H22N2O5S. The van der Waals surface area contributed by atoms with E-state index in [1.807, 2.05) is 0 Å². The largest absolute Gasteiger partial charge is 0.480 e. The van der Waals surface area contributed by atoms with Crippen LogP contribution in [0.25, 0.3) is 0 Å². The standard InChI is InChI=1S/C17H22N2O5S/c1-18-25(23,24)13-7-4-6-12(9-13)16(20)19-14-8-3-2-5-11(14)10-15(19)17(21)22/h4,6-7,9,11,14-15,18H,2-3,5,8,10H2,1H3,(H,21,22)/t11-,14+,15-/m0/s1. The molecule has 1 aliphatic heterocycles. The number of amides is 1. The van der Waals surface area contributed by atoms with Gasteiger partial charge in [0.05, 0.1) is 4.90 Å². The second kappa shape index (κ2) is 6.76. The number of hydrogen-bond donors (Lipinski definition) is 2. The molecule has 3 rings (SSSR count). The molecule has 2 N–H and O–H groups in total. The first kappa shape index (κ1) is 17.9. The molecule has 1 heterocycles. The molecule has 7 nitrogen and oxygen atoms in total. The second-order valence-electron chi connectivity index (χ2n) is 6.65. The number of aliphatic carboxylic acids is 1. The number of hydrogen-bond acceptors (Lipinski definition) is 4. The first-order valence-electron chi connectivity index (χ1n) is 8.44. The van der Waals surface area contributed by atoms with Crippen LogP contribution in [0.15, 0.2) is 29.2 Å². The third-order valence-electron chi connectivity index (χ3n) is 5.27. The molecule has 1 aromatic rings. The monoisotopic (exact) mass is 366 g/mol. The van der Waals surface area contributed by atoms with Crippen LogP contribution in [0.2, 0.25) is 0 Å². The van der Waals surface area contributed by atoms with E-state index in [-0.39, 0.29) is 22.4 Å². The summed E-state index contributed by atoms with van der Waals surface area (Å²) in [6.45, 7) is 0. The average molecular weight is 366 g/mol. The number of nitrogens with zero attached hydrogens (tertiary/aromatic N) is 1. The van der Waals surface area contributed by atoms with Gasteiger partial charge in [-0.15, -0.1) is 0 Å². The van der Waals surface area contributed by atoms with E-state index < -0.39 is 27.9 Å². The van der Waals surface area contributed by atoms with Crippen molar-refractivity contribution in [3.8, 4) is 0 Å². The van der Waals surface area contributed by atoms with E-state index in [2.05, 4.69) is 4.72 Å². The number of fused-ring (bicyclic) bond motifs is 1. The van der Waals surface area contributed by atoms with Gasteiger partial charge < -0.3 is 10.0 Å². The van der Waals surface area contributed by atoms with Gasteiger partial charge in [0.15, 0.2) is 0 Å². The summed E-state index contributed by atoms with van der Waals surface area (Å²) < 4.78 is 26.2. The summed E-state index contributed by atoms with van der Waals surface area (Å²) in [7, 11) is -2.37. The molecule has 2 aliphatic rings. The number of benzene rings is 1. The summed E-state index contributed by atoms with van der Waals surface area (Å²) in [5, 5.41) is 9.55. The Morgan fingerprint density at radius 2 is 1.96 bits per heavy atom. The van der Waals surface area contributed by atoms with Crippen LogP contribution in [0, 0.1) is 5.92 Å². The van der Waals surface area contributed by atoms with Crippen LogP contribution >= 0.6 is 0 Å². The third-order valence-corrected chi connectivity index (χ3v) is 6.68. The fourth-order valence-corrected chi connectivity index (χ4v) is 4.81. The molecule has 25 heavy (non-hydrogen) atoms. The lowest BCUT2D eigenvalue weighted by atomic mass is 9.84. The molecule has 3 atom stereocenters. The molecule has 1 aliphatic carbocycles. The Morgan fingerprint density at radius 3 is 2.64 bits per heavy atom. The third kappa shape index (κ3) is 3.28. The Labute approximate surface area is 147 Å². The van der Waals surface area contributed by atoms with Crippen molar-refractivity contribution in [1.29, 1.82) is 0 Å². The number of carboxylic acid groups (broad SMARTS) is 1. The zero-order valence-corrected chi connectivity index (χ0v) is 14.8. The summed E-state index contributed by atoms with van der Waals surface area (Å²) in [6, 6.07) is 4.83. The first-order chi connectivity index (χ1) is 11.8. The first-order valence-corrected chi connectivity index (χ1v) is 9.92. The molecule has 1 saturated carbocycles. The number of carboxylic acids is 1. The van der Waals surface area contributed by atoms with E-state index in [0.29, 0.717) is 6.42 Å². The number of sulfonamides is 1. The minimum absolute atomic E-state index is 0.00730. The molecule has 0 bridgehead atoms. The Morgan fingerprint density at radius 1 is 1.24 bits per heavy atom. The molecule has 1 aromatic carbocycles. The predicted molar refractivity (Wildman–Crippen MR) is 90.6 cm³/mol. The van der Waals surface area contributed by atoms with Gasteiger partial charge in [0.25, 0.3) is 5.91 Å². The van der Waals surface area contributed by atoms with Gasteiger partial charge in [0.2, 0.25) is 10.0 Å². The van der Waals surface area contributed by atoms with Gasteiger partial charge in [0.1, 0.15) is 6.04 Å². The summed E-state index contributed by atoms with van der Waals surface area (Å²) in [4.78, 5) is 26.2. The highest BCUT2D eigenvalue weighted by Gasteiger charge is 2.47. The topological polar surface area (TPSA) is 104 Å². The van der Waals surface area contributed by atoms with E-state index in [9.17, 15) is 23.1 Å². The summed E-state index contributed by atoms with van der Waals surface area (Å²) in [5.41, 5.74) is 0.203. The molecule has 1 amide bonds. The minimum atomic E-state index is -3.67. The molecule has 2 fully saturated rings. The fourth-order valence-electron chi connectivity index (χ4n) is 4.04. The van der Waals surface area contributed by atoms with Gasteiger partial charge in [-0.3, -0.25) is 4.79 Å². The molecule has 0 unspecified atom stereocenters. The second-order valence-corrected chi connectivity index (χ2v) is 8.54. The van der Waals surface area contributed by atoms with Crippen molar-refractivity contribution in [2.75, 3.05) is 7.05 Å². The highest BCUT2D eigenvalue weighted by molar-refractivity contribution is 7.89. The SMILES string of the molecule is CNS(=O)(=O)c1cccc(C(=O)N2[C@@H]3CCCC[C@H]3C[C@H]2C(=O)O)c1. The zero-order valence-electron chi connectivity index (χ0n) is 14.0. The number of nitrogens with one attached hydrogen (secondary N) is 1. The smallest absolute Gasteiger partial charge is 0.326 e. The fraction of sp³-hybridized carbons (Fsp3) is 0.529. The highest BCUT2D eigenvalue weighted by Crippen LogP contribution is 2.40. The van der Waals surface area contributed by atoms with Crippen LogP contribution < -0.4 is 4.72 Å². The van der Waals surface area contributed by atoms with E-state index in [1.54, 1.807) is 0 Å². The highest BCUT2D eigenvalue weighted by atomic mass is 32.2. The number of rotatable bonds is 4. The molecular weight excluding hydrogens is 344 g/mol.